The summed E-state index contributed by atoms with van der Waals surface area (Å²) >= 11 is -1.59. The van der Waals surface area contributed by atoms with Crippen molar-refractivity contribution in [2.24, 2.45) is 0 Å². The van der Waals surface area contributed by atoms with E-state index in [1.54, 1.807) is 18.2 Å². The Labute approximate surface area is 130 Å². The van der Waals surface area contributed by atoms with Gasteiger partial charge in [0.05, 0.1) is 0 Å². The third-order valence-electron chi connectivity index (χ3n) is 4.23. The Morgan fingerprint density at radius 1 is 1.36 bits per heavy atom. The fraction of sp³-hybridized carbons (Fsp3) is 0.312. The van der Waals surface area contributed by atoms with Crippen molar-refractivity contribution in [2.45, 2.75) is 28.2 Å². The molecule has 1 aromatic carbocycles. The predicted molar refractivity (Wildman–Crippen MR) is 80.0 cm³/mol. The van der Waals surface area contributed by atoms with E-state index in [4.69, 9.17) is 4.74 Å². The highest BCUT2D eigenvalue weighted by Crippen LogP contribution is 2.42. The van der Waals surface area contributed by atoms with Crippen LogP contribution in [0.3, 0.4) is 0 Å². The molecule has 2 aliphatic rings. The summed E-state index contributed by atoms with van der Waals surface area (Å²) in [4.78, 5) is 4.19. The van der Waals surface area contributed by atoms with Crippen molar-refractivity contribution in [1.82, 2.24) is 10.3 Å². The van der Waals surface area contributed by atoms with Crippen molar-refractivity contribution in [1.29, 1.82) is 0 Å². The van der Waals surface area contributed by atoms with Crippen LogP contribution in [-0.4, -0.2) is 28.7 Å². The number of aromatic nitrogens is 1. The quantitative estimate of drug-likeness (QED) is 0.681. The Balaban J connectivity index is 1.67. The number of pyridine rings is 1. The average molecular weight is 318 g/mol. The molecule has 0 radical (unpaired) electrons. The first-order valence-electron chi connectivity index (χ1n) is 7.27. The van der Waals surface area contributed by atoms with Gasteiger partial charge in [-0.2, -0.15) is 4.39 Å². The number of rotatable bonds is 2. The van der Waals surface area contributed by atoms with Crippen LogP contribution in [0.15, 0.2) is 46.3 Å². The van der Waals surface area contributed by atoms with E-state index >= 15 is 0 Å². The first kappa shape index (κ1) is 14.0. The standard InChI is InChI=1S/C16H15FN2O2S/c17-16-15(2-1-6-19-16)22(20)10-3-4-11-12-5-7-18-9-14(12)21-13(11)8-10/h1-4,6,8,12,14,18H,5,7,9H2. The van der Waals surface area contributed by atoms with Crippen LogP contribution in [0.2, 0.25) is 0 Å². The normalized spacial score (nSPS) is 24.3. The molecule has 3 atom stereocenters. The molecule has 1 aromatic heterocycles. The summed E-state index contributed by atoms with van der Waals surface area (Å²) in [5, 5.41) is 3.32. The summed E-state index contributed by atoms with van der Waals surface area (Å²) in [5.74, 6) is 0.475. The number of piperidine rings is 1. The zero-order valence-electron chi connectivity index (χ0n) is 11.8. The van der Waals surface area contributed by atoms with Gasteiger partial charge in [0.15, 0.2) is 4.90 Å². The molecule has 4 nitrogen and oxygen atoms in total. The largest absolute Gasteiger partial charge is 0.606 e. The molecule has 0 aliphatic carbocycles. The fourth-order valence-electron chi connectivity index (χ4n) is 3.15. The molecule has 0 amide bonds. The van der Waals surface area contributed by atoms with Gasteiger partial charge >= 0.3 is 0 Å². The highest BCUT2D eigenvalue weighted by molar-refractivity contribution is 7.91. The maximum Gasteiger partial charge on any atom is 0.268 e. The Bertz CT molecular complexity index is 712. The van der Waals surface area contributed by atoms with Crippen molar-refractivity contribution in [3.63, 3.8) is 0 Å². The molecule has 0 saturated carbocycles. The van der Waals surface area contributed by atoms with E-state index in [-0.39, 0.29) is 11.0 Å². The second kappa shape index (κ2) is 5.53. The molecule has 6 heteroatoms. The van der Waals surface area contributed by atoms with Crippen molar-refractivity contribution >= 4 is 11.2 Å². The molecule has 2 aliphatic heterocycles. The molecule has 0 spiro atoms. The van der Waals surface area contributed by atoms with Crippen LogP contribution in [0.1, 0.15) is 17.9 Å². The lowest BCUT2D eigenvalue weighted by atomic mass is 9.90. The highest BCUT2D eigenvalue weighted by Gasteiger charge is 2.37. The van der Waals surface area contributed by atoms with Gasteiger partial charge in [0, 0.05) is 47.5 Å². The minimum atomic E-state index is -1.59. The minimum Gasteiger partial charge on any atom is -0.606 e. The smallest absolute Gasteiger partial charge is 0.268 e. The molecular formula is C16H15FN2O2S. The molecule has 114 valence electrons. The third kappa shape index (κ3) is 2.27. The van der Waals surface area contributed by atoms with Crippen LogP contribution < -0.4 is 10.1 Å². The SMILES string of the molecule is [O-][S+](c1ccc2c(c1)OC1CNCCC21)c1cccnc1F. The van der Waals surface area contributed by atoms with Crippen LogP contribution >= 0.6 is 0 Å². The molecule has 0 bridgehead atoms. The second-order valence-electron chi connectivity index (χ2n) is 5.52. The van der Waals surface area contributed by atoms with Gasteiger partial charge in [-0.3, -0.25) is 0 Å². The van der Waals surface area contributed by atoms with E-state index < -0.39 is 17.1 Å². The van der Waals surface area contributed by atoms with E-state index in [0.29, 0.717) is 10.8 Å². The number of nitrogens with zero attached hydrogens (tertiary/aromatic N) is 1. The molecule has 1 fully saturated rings. The first-order chi connectivity index (χ1) is 10.7. The summed E-state index contributed by atoms with van der Waals surface area (Å²) in [5.41, 5.74) is 1.17. The number of benzene rings is 1. The lowest BCUT2D eigenvalue weighted by Crippen LogP contribution is -2.39. The minimum absolute atomic E-state index is 0.0968. The van der Waals surface area contributed by atoms with E-state index in [2.05, 4.69) is 10.3 Å². The summed E-state index contributed by atoms with van der Waals surface area (Å²) in [7, 11) is 0. The summed E-state index contributed by atoms with van der Waals surface area (Å²) in [6.07, 6.45) is 2.53. The third-order valence-corrected chi connectivity index (χ3v) is 5.61. The van der Waals surface area contributed by atoms with Crippen LogP contribution in [-0.2, 0) is 11.2 Å². The van der Waals surface area contributed by atoms with E-state index in [0.717, 1.165) is 25.3 Å². The summed E-state index contributed by atoms with van der Waals surface area (Å²) in [6.45, 7) is 1.81. The second-order valence-corrected chi connectivity index (χ2v) is 6.96. The van der Waals surface area contributed by atoms with E-state index in [1.165, 1.54) is 17.8 Å². The lowest BCUT2D eigenvalue weighted by Gasteiger charge is -2.24. The van der Waals surface area contributed by atoms with Gasteiger partial charge in [0.25, 0.3) is 5.95 Å². The summed E-state index contributed by atoms with van der Waals surface area (Å²) < 4.78 is 32.2. The Kier molecular flexibility index (Phi) is 3.52. The first-order valence-corrected chi connectivity index (χ1v) is 8.42. The van der Waals surface area contributed by atoms with Crippen molar-refractivity contribution in [2.75, 3.05) is 13.1 Å². The van der Waals surface area contributed by atoms with Gasteiger partial charge in [-0.25, -0.2) is 4.98 Å². The Morgan fingerprint density at radius 2 is 2.27 bits per heavy atom. The molecule has 1 saturated heterocycles. The van der Waals surface area contributed by atoms with Crippen molar-refractivity contribution < 1.29 is 13.7 Å². The van der Waals surface area contributed by atoms with Gasteiger partial charge < -0.3 is 14.6 Å². The maximum atomic E-state index is 13.7. The number of fused-ring (bicyclic) bond motifs is 3. The molecule has 3 heterocycles. The maximum absolute atomic E-state index is 13.7. The van der Waals surface area contributed by atoms with Gasteiger partial charge in [-0.1, -0.05) is 0 Å². The van der Waals surface area contributed by atoms with Crippen LogP contribution in [0.25, 0.3) is 0 Å². The van der Waals surface area contributed by atoms with Crippen molar-refractivity contribution in [3.05, 3.63) is 48.0 Å². The number of ether oxygens (including phenoxy) is 1. The van der Waals surface area contributed by atoms with Crippen LogP contribution in [0, 0.1) is 5.95 Å². The van der Waals surface area contributed by atoms with Gasteiger partial charge in [0.2, 0.25) is 4.90 Å². The topological polar surface area (TPSA) is 57.2 Å². The molecule has 2 aromatic rings. The van der Waals surface area contributed by atoms with Gasteiger partial charge in [-0.05, 0) is 31.2 Å². The average Bonchev–Trinajstić information content (AvgIpc) is 2.92. The zero-order chi connectivity index (χ0) is 15.1. The Morgan fingerprint density at radius 3 is 3.14 bits per heavy atom. The number of nitrogens with one attached hydrogen (secondary N) is 1. The Hall–Kier alpha value is -1.63. The van der Waals surface area contributed by atoms with Gasteiger partial charge in [-0.15, -0.1) is 0 Å². The number of halogens is 1. The molecule has 1 N–H and O–H groups in total. The number of hydrogen-bond acceptors (Lipinski definition) is 4. The molecule has 22 heavy (non-hydrogen) atoms. The van der Waals surface area contributed by atoms with E-state index in [9.17, 15) is 8.94 Å². The summed E-state index contributed by atoms with van der Waals surface area (Å²) in [6, 6.07) is 8.62. The van der Waals surface area contributed by atoms with Crippen LogP contribution in [0.5, 0.6) is 5.75 Å². The zero-order valence-corrected chi connectivity index (χ0v) is 12.6. The fourth-order valence-corrected chi connectivity index (χ4v) is 4.22. The molecule has 4 rings (SSSR count). The molecule has 3 unspecified atom stereocenters. The number of hydrogen-bond donors (Lipinski definition) is 1. The highest BCUT2D eigenvalue weighted by atomic mass is 32.2. The predicted octanol–water partition coefficient (Wildman–Crippen LogP) is 2.23. The lowest BCUT2D eigenvalue weighted by molar-refractivity contribution is 0.176. The van der Waals surface area contributed by atoms with Crippen LogP contribution in [0.4, 0.5) is 4.39 Å². The monoisotopic (exact) mass is 318 g/mol. The van der Waals surface area contributed by atoms with Crippen molar-refractivity contribution in [3.8, 4) is 5.75 Å². The van der Waals surface area contributed by atoms with E-state index in [1.807, 2.05) is 6.07 Å². The van der Waals surface area contributed by atoms with Gasteiger partial charge in [0.1, 0.15) is 11.9 Å². The molecular weight excluding hydrogens is 303 g/mol.